The van der Waals surface area contributed by atoms with E-state index in [1.807, 2.05) is 13.0 Å². The average Bonchev–Trinajstić information content (AvgIpc) is 2.48. The smallest absolute Gasteiger partial charge is 0.251 e. The summed E-state index contributed by atoms with van der Waals surface area (Å²) >= 11 is 0. The van der Waals surface area contributed by atoms with Crippen LogP contribution in [0.1, 0.15) is 21.5 Å². The summed E-state index contributed by atoms with van der Waals surface area (Å²) in [6, 6.07) is 8.92. The molecule has 0 radical (unpaired) electrons. The van der Waals surface area contributed by atoms with E-state index in [2.05, 4.69) is 10.3 Å². The second-order valence-electron chi connectivity index (χ2n) is 4.41. The number of nitrogens with two attached hydrogens (primary N) is 1. The average molecular weight is 271 g/mol. The maximum Gasteiger partial charge on any atom is 0.251 e. The molecule has 5 heteroatoms. The van der Waals surface area contributed by atoms with E-state index in [1.165, 1.54) is 0 Å². The largest absolute Gasteiger partial charge is 0.481 e. The first-order chi connectivity index (χ1) is 9.61. The van der Waals surface area contributed by atoms with Gasteiger partial charge in [0.25, 0.3) is 5.91 Å². The highest BCUT2D eigenvalue weighted by atomic mass is 16.5. The van der Waals surface area contributed by atoms with E-state index >= 15 is 0 Å². The molecule has 20 heavy (non-hydrogen) atoms. The number of methoxy groups -OCH3 is 1. The number of pyridine rings is 1. The third-order valence-corrected chi connectivity index (χ3v) is 3.08. The van der Waals surface area contributed by atoms with Gasteiger partial charge in [-0.1, -0.05) is 12.1 Å². The number of rotatable bonds is 4. The number of nitrogen functional groups attached to an aromatic ring is 1. The van der Waals surface area contributed by atoms with Crippen LogP contribution >= 0.6 is 0 Å². The Bertz CT molecular complexity index is 609. The monoisotopic (exact) mass is 271 g/mol. The summed E-state index contributed by atoms with van der Waals surface area (Å²) in [7, 11) is 1.56. The van der Waals surface area contributed by atoms with E-state index in [-0.39, 0.29) is 5.91 Å². The lowest BCUT2D eigenvalue weighted by Crippen LogP contribution is -2.23. The predicted octanol–water partition coefficient (Wildman–Crippen LogP) is 1.91. The maximum absolute atomic E-state index is 12.1. The number of anilines is 1. The van der Waals surface area contributed by atoms with Gasteiger partial charge in [-0.15, -0.1) is 0 Å². The van der Waals surface area contributed by atoms with Crippen LogP contribution in [0.5, 0.6) is 5.88 Å². The molecule has 1 aromatic carbocycles. The number of aromatic nitrogens is 1. The van der Waals surface area contributed by atoms with Crippen LogP contribution in [-0.2, 0) is 6.54 Å². The number of benzene rings is 1. The number of hydrogen-bond donors (Lipinski definition) is 2. The fourth-order valence-corrected chi connectivity index (χ4v) is 1.81. The zero-order valence-corrected chi connectivity index (χ0v) is 11.5. The highest BCUT2D eigenvalue weighted by molar-refractivity contribution is 5.96. The Labute approximate surface area is 117 Å². The minimum absolute atomic E-state index is 0.148. The number of ether oxygens (including phenoxy) is 1. The fourth-order valence-electron chi connectivity index (χ4n) is 1.81. The van der Waals surface area contributed by atoms with E-state index in [0.717, 1.165) is 11.1 Å². The van der Waals surface area contributed by atoms with Crippen molar-refractivity contribution in [1.82, 2.24) is 10.3 Å². The third kappa shape index (κ3) is 3.06. The minimum Gasteiger partial charge on any atom is -0.481 e. The van der Waals surface area contributed by atoms with E-state index in [1.54, 1.807) is 37.6 Å². The van der Waals surface area contributed by atoms with E-state index < -0.39 is 0 Å². The molecule has 0 unspecified atom stereocenters. The van der Waals surface area contributed by atoms with E-state index in [0.29, 0.717) is 23.7 Å². The fraction of sp³-hybridized carbons (Fsp3) is 0.200. The molecule has 0 fully saturated rings. The van der Waals surface area contributed by atoms with Crippen molar-refractivity contribution < 1.29 is 9.53 Å². The zero-order valence-electron chi connectivity index (χ0n) is 11.5. The van der Waals surface area contributed by atoms with Crippen molar-refractivity contribution in [3.05, 3.63) is 53.2 Å². The Hall–Kier alpha value is -2.56. The second kappa shape index (κ2) is 6.06. The molecule has 0 saturated carbocycles. The Morgan fingerprint density at radius 1 is 1.35 bits per heavy atom. The maximum atomic E-state index is 12.1. The van der Waals surface area contributed by atoms with Crippen LogP contribution in [0.3, 0.4) is 0 Å². The molecule has 2 aromatic rings. The quantitative estimate of drug-likeness (QED) is 0.833. The van der Waals surface area contributed by atoms with Crippen molar-refractivity contribution in [2.24, 2.45) is 0 Å². The highest BCUT2D eigenvalue weighted by Crippen LogP contribution is 2.15. The summed E-state index contributed by atoms with van der Waals surface area (Å²) in [6.45, 7) is 2.24. The summed E-state index contributed by atoms with van der Waals surface area (Å²) in [5, 5.41) is 2.85. The molecule has 0 atom stereocenters. The summed E-state index contributed by atoms with van der Waals surface area (Å²) < 4.78 is 4.98. The zero-order chi connectivity index (χ0) is 14.5. The molecule has 2 rings (SSSR count). The van der Waals surface area contributed by atoms with Crippen molar-refractivity contribution in [2.75, 3.05) is 12.8 Å². The van der Waals surface area contributed by atoms with Gasteiger partial charge in [-0.05, 0) is 30.2 Å². The number of hydrogen-bond acceptors (Lipinski definition) is 4. The van der Waals surface area contributed by atoms with E-state index in [4.69, 9.17) is 10.5 Å². The summed E-state index contributed by atoms with van der Waals surface area (Å²) in [5.41, 5.74) is 8.69. The number of carbonyl (C=O) groups excluding carboxylic acids is 1. The summed E-state index contributed by atoms with van der Waals surface area (Å²) in [6.07, 6.45) is 1.67. The van der Waals surface area contributed by atoms with Crippen LogP contribution in [0.2, 0.25) is 0 Å². The number of amides is 1. The minimum atomic E-state index is -0.148. The van der Waals surface area contributed by atoms with Gasteiger partial charge < -0.3 is 15.8 Å². The molecule has 0 spiro atoms. The Kier molecular flexibility index (Phi) is 4.20. The molecule has 1 amide bonds. The Morgan fingerprint density at radius 2 is 2.15 bits per heavy atom. The first kappa shape index (κ1) is 13.9. The van der Waals surface area contributed by atoms with Gasteiger partial charge in [0.15, 0.2) is 0 Å². The SMILES string of the molecule is COc1ccc(CNC(=O)c2cccc(N)c2C)cn1. The molecule has 0 saturated heterocycles. The molecule has 1 aromatic heterocycles. The van der Waals surface area contributed by atoms with Gasteiger partial charge in [-0.3, -0.25) is 4.79 Å². The van der Waals surface area contributed by atoms with Crippen LogP contribution in [0, 0.1) is 6.92 Å². The molecule has 0 aliphatic carbocycles. The lowest BCUT2D eigenvalue weighted by molar-refractivity contribution is 0.0950. The number of nitrogens with one attached hydrogen (secondary N) is 1. The lowest BCUT2D eigenvalue weighted by atomic mass is 10.1. The summed E-state index contributed by atoms with van der Waals surface area (Å²) in [5.74, 6) is 0.400. The summed E-state index contributed by atoms with van der Waals surface area (Å²) in [4.78, 5) is 16.2. The molecule has 3 N–H and O–H groups in total. The molecule has 0 bridgehead atoms. The molecule has 0 aliphatic rings. The molecule has 5 nitrogen and oxygen atoms in total. The molecule has 1 heterocycles. The first-order valence-corrected chi connectivity index (χ1v) is 6.24. The van der Waals surface area contributed by atoms with E-state index in [9.17, 15) is 4.79 Å². The van der Waals surface area contributed by atoms with Crippen LogP contribution in [0.15, 0.2) is 36.5 Å². The first-order valence-electron chi connectivity index (χ1n) is 6.24. The molecule has 104 valence electrons. The van der Waals surface area contributed by atoms with Gasteiger partial charge in [-0.2, -0.15) is 0 Å². The lowest BCUT2D eigenvalue weighted by Gasteiger charge is -2.09. The van der Waals surface area contributed by atoms with Crippen molar-refractivity contribution in [1.29, 1.82) is 0 Å². The second-order valence-corrected chi connectivity index (χ2v) is 4.41. The van der Waals surface area contributed by atoms with Crippen molar-refractivity contribution in [2.45, 2.75) is 13.5 Å². The van der Waals surface area contributed by atoms with Crippen LogP contribution in [-0.4, -0.2) is 18.0 Å². The molecular formula is C15H17N3O2. The van der Waals surface area contributed by atoms with Crippen molar-refractivity contribution >= 4 is 11.6 Å². The van der Waals surface area contributed by atoms with Crippen molar-refractivity contribution in [3.8, 4) is 5.88 Å². The van der Waals surface area contributed by atoms with Gasteiger partial charge in [-0.25, -0.2) is 4.98 Å². The standard InChI is InChI=1S/C15H17N3O2/c1-10-12(4-3-5-13(10)16)15(19)18-9-11-6-7-14(20-2)17-8-11/h3-8H,9,16H2,1-2H3,(H,18,19). The highest BCUT2D eigenvalue weighted by Gasteiger charge is 2.10. The Balaban J connectivity index is 2.02. The van der Waals surface area contributed by atoms with Crippen LogP contribution < -0.4 is 15.8 Å². The van der Waals surface area contributed by atoms with Gasteiger partial charge in [0.1, 0.15) is 0 Å². The number of carbonyl (C=O) groups is 1. The molecule has 0 aliphatic heterocycles. The number of nitrogens with zero attached hydrogens (tertiary/aromatic N) is 1. The topological polar surface area (TPSA) is 77.2 Å². The Morgan fingerprint density at radius 3 is 2.80 bits per heavy atom. The third-order valence-electron chi connectivity index (χ3n) is 3.08. The normalized spacial score (nSPS) is 10.1. The molecular weight excluding hydrogens is 254 g/mol. The predicted molar refractivity (Wildman–Crippen MR) is 77.6 cm³/mol. The van der Waals surface area contributed by atoms with Crippen molar-refractivity contribution in [3.63, 3.8) is 0 Å². The van der Waals surface area contributed by atoms with Crippen LogP contribution in [0.4, 0.5) is 5.69 Å². The van der Waals surface area contributed by atoms with Gasteiger partial charge in [0.2, 0.25) is 5.88 Å². The van der Waals surface area contributed by atoms with Gasteiger partial charge >= 0.3 is 0 Å². The van der Waals surface area contributed by atoms with Gasteiger partial charge in [0, 0.05) is 30.1 Å². The van der Waals surface area contributed by atoms with Gasteiger partial charge in [0.05, 0.1) is 7.11 Å². The van der Waals surface area contributed by atoms with Crippen LogP contribution in [0.25, 0.3) is 0 Å².